The Bertz CT molecular complexity index is 724. The third-order valence-electron chi connectivity index (χ3n) is 3.32. The SMILES string of the molecule is CC(C)C(=O)Nc1ccc(C(=O)OCc2c(F)cccc2Cl)cc1. The molecule has 2 aromatic rings. The normalized spacial score (nSPS) is 10.5. The maximum absolute atomic E-state index is 13.6. The van der Waals surface area contributed by atoms with E-state index in [4.69, 9.17) is 16.3 Å². The first kappa shape index (κ1) is 17.9. The number of nitrogens with one attached hydrogen (secondary N) is 1. The monoisotopic (exact) mass is 349 g/mol. The molecule has 0 saturated heterocycles. The van der Waals surface area contributed by atoms with E-state index >= 15 is 0 Å². The molecule has 0 aromatic heterocycles. The van der Waals surface area contributed by atoms with E-state index in [1.54, 1.807) is 26.0 Å². The number of carbonyl (C=O) groups excluding carboxylic acids is 2. The van der Waals surface area contributed by atoms with E-state index in [9.17, 15) is 14.0 Å². The lowest BCUT2D eigenvalue weighted by molar-refractivity contribution is -0.118. The van der Waals surface area contributed by atoms with Gasteiger partial charge >= 0.3 is 5.97 Å². The highest BCUT2D eigenvalue weighted by Crippen LogP contribution is 2.20. The summed E-state index contributed by atoms with van der Waals surface area (Å²) in [6.07, 6.45) is 0. The van der Waals surface area contributed by atoms with Crippen LogP contribution in [0.15, 0.2) is 42.5 Å². The highest BCUT2D eigenvalue weighted by molar-refractivity contribution is 6.31. The van der Waals surface area contributed by atoms with Crippen LogP contribution < -0.4 is 5.32 Å². The van der Waals surface area contributed by atoms with E-state index in [1.807, 2.05) is 0 Å². The minimum atomic E-state index is -0.601. The maximum Gasteiger partial charge on any atom is 0.338 e. The van der Waals surface area contributed by atoms with Crippen LogP contribution in [0.3, 0.4) is 0 Å². The van der Waals surface area contributed by atoms with Crippen LogP contribution in [0.2, 0.25) is 5.02 Å². The number of carbonyl (C=O) groups is 2. The van der Waals surface area contributed by atoms with Crippen LogP contribution >= 0.6 is 11.6 Å². The molecule has 126 valence electrons. The van der Waals surface area contributed by atoms with Crippen molar-refractivity contribution in [1.29, 1.82) is 0 Å². The van der Waals surface area contributed by atoms with Crippen LogP contribution in [0, 0.1) is 11.7 Å². The second kappa shape index (κ2) is 7.93. The van der Waals surface area contributed by atoms with Crippen LogP contribution in [0.1, 0.15) is 29.8 Å². The smallest absolute Gasteiger partial charge is 0.338 e. The van der Waals surface area contributed by atoms with Crippen molar-refractivity contribution in [3.63, 3.8) is 0 Å². The first-order valence-corrected chi connectivity index (χ1v) is 7.77. The van der Waals surface area contributed by atoms with E-state index < -0.39 is 11.8 Å². The first-order chi connectivity index (χ1) is 11.4. The van der Waals surface area contributed by atoms with Gasteiger partial charge in [0.15, 0.2) is 0 Å². The van der Waals surface area contributed by atoms with Crippen LogP contribution in [-0.4, -0.2) is 11.9 Å². The molecule has 4 nitrogen and oxygen atoms in total. The Morgan fingerprint density at radius 3 is 2.42 bits per heavy atom. The quantitative estimate of drug-likeness (QED) is 0.812. The Morgan fingerprint density at radius 2 is 1.83 bits per heavy atom. The second-order valence-corrected chi connectivity index (χ2v) is 5.90. The Kier molecular flexibility index (Phi) is 5.93. The van der Waals surface area contributed by atoms with Gasteiger partial charge in [0.25, 0.3) is 0 Å². The fourth-order valence-corrected chi connectivity index (χ4v) is 2.09. The lowest BCUT2D eigenvalue weighted by Crippen LogP contribution is -2.17. The molecule has 0 unspecified atom stereocenters. The van der Waals surface area contributed by atoms with Gasteiger partial charge in [-0.05, 0) is 36.4 Å². The summed E-state index contributed by atoms with van der Waals surface area (Å²) < 4.78 is 18.7. The molecule has 0 aliphatic heterocycles. The zero-order valence-corrected chi connectivity index (χ0v) is 14.1. The number of hydrogen-bond donors (Lipinski definition) is 1. The van der Waals surface area contributed by atoms with Crippen LogP contribution in [0.25, 0.3) is 0 Å². The highest BCUT2D eigenvalue weighted by Gasteiger charge is 2.13. The van der Waals surface area contributed by atoms with Gasteiger partial charge in [-0.2, -0.15) is 0 Å². The molecule has 0 aliphatic carbocycles. The van der Waals surface area contributed by atoms with Crippen molar-refractivity contribution >= 4 is 29.2 Å². The molecule has 0 fully saturated rings. The van der Waals surface area contributed by atoms with Crippen molar-refractivity contribution in [2.24, 2.45) is 5.92 Å². The average molecular weight is 350 g/mol. The second-order valence-electron chi connectivity index (χ2n) is 5.50. The van der Waals surface area contributed by atoms with E-state index in [2.05, 4.69) is 5.32 Å². The number of esters is 1. The Balaban J connectivity index is 1.99. The number of rotatable bonds is 5. The zero-order valence-electron chi connectivity index (χ0n) is 13.3. The average Bonchev–Trinajstić information content (AvgIpc) is 2.54. The summed E-state index contributed by atoms with van der Waals surface area (Å²) in [5, 5.41) is 2.93. The molecule has 2 aromatic carbocycles. The molecule has 0 radical (unpaired) electrons. The summed E-state index contributed by atoms with van der Waals surface area (Å²) in [6, 6.07) is 10.5. The van der Waals surface area contributed by atoms with E-state index in [1.165, 1.54) is 30.3 Å². The number of anilines is 1. The highest BCUT2D eigenvalue weighted by atomic mass is 35.5. The van der Waals surface area contributed by atoms with Gasteiger partial charge in [-0.25, -0.2) is 9.18 Å². The lowest BCUT2D eigenvalue weighted by Gasteiger charge is -2.09. The predicted molar refractivity (Wildman–Crippen MR) is 90.4 cm³/mol. The van der Waals surface area contributed by atoms with Gasteiger partial charge in [0, 0.05) is 17.2 Å². The molecule has 0 saturated carbocycles. The van der Waals surface area contributed by atoms with Gasteiger partial charge < -0.3 is 10.1 Å². The summed E-state index contributed by atoms with van der Waals surface area (Å²) in [5.74, 6) is -1.38. The van der Waals surface area contributed by atoms with Gasteiger partial charge in [-0.3, -0.25) is 4.79 Å². The number of benzene rings is 2. The van der Waals surface area contributed by atoms with E-state index in [0.717, 1.165) is 0 Å². The molecule has 6 heteroatoms. The molecular weight excluding hydrogens is 333 g/mol. The van der Waals surface area contributed by atoms with E-state index in [0.29, 0.717) is 11.3 Å². The zero-order chi connectivity index (χ0) is 17.7. The van der Waals surface area contributed by atoms with Crippen molar-refractivity contribution in [3.8, 4) is 0 Å². The third-order valence-corrected chi connectivity index (χ3v) is 3.68. The molecule has 24 heavy (non-hydrogen) atoms. The van der Waals surface area contributed by atoms with E-state index in [-0.39, 0.29) is 29.0 Å². The van der Waals surface area contributed by atoms with Crippen LogP contribution in [-0.2, 0) is 16.1 Å². The minimum absolute atomic E-state index is 0.112. The molecule has 2 rings (SSSR count). The summed E-state index contributed by atoms with van der Waals surface area (Å²) in [6.45, 7) is 3.32. The molecule has 0 aliphatic rings. The third kappa shape index (κ3) is 4.55. The van der Waals surface area contributed by atoms with Crippen molar-refractivity contribution in [2.75, 3.05) is 5.32 Å². The fourth-order valence-electron chi connectivity index (χ4n) is 1.87. The largest absolute Gasteiger partial charge is 0.457 e. The number of halogens is 2. The molecular formula is C18H17ClFNO3. The number of amides is 1. The molecule has 0 atom stereocenters. The molecule has 1 amide bonds. The predicted octanol–water partition coefficient (Wildman–Crippen LogP) is 4.43. The minimum Gasteiger partial charge on any atom is -0.457 e. The van der Waals surface area contributed by atoms with Crippen molar-refractivity contribution in [2.45, 2.75) is 20.5 Å². The van der Waals surface area contributed by atoms with Gasteiger partial charge in [-0.1, -0.05) is 31.5 Å². The molecule has 0 heterocycles. The van der Waals surface area contributed by atoms with Crippen molar-refractivity contribution in [1.82, 2.24) is 0 Å². The van der Waals surface area contributed by atoms with Gasteiger partial charge in [0.05, 0.1) is 10.6 Å². The van der Waals surface area contributed by atoms with Crippen LogP contribution in [0.5, 0.6) is 0 Å². The number of hydrogen-bond acceptors (Lipinski definition) is 3. The van der Waals surface area contributed by atoms with Crippen molar-refractivity contribution in [3.05, 3.63) is 64.4 Å². The maximum atomic E-state index is 13.6. The molecule has 0 spiro atoms. The first-order valence-electron chi connectivity index (χ1n) is 7.39. The fraction of sp³-hybridized carbons (Fsp3) is 0.222. The Morgan fingerprint density at radius 1 is 1.17 bits per heavy atom. The van der Waals surface area contributed by atoms with Gasteiger partial charge in [0.1, 0.15) is 12.4 Å². The molecule has 1 N–H and O–H groups in total. The number of ether oxygens (including phenoxy) is 1. The van der Waals surface area contributed by atoms with Gasteiger partial charge in [-0.15, -0.1) is 0 Å². The summed E-state index contributed by atoms with van der Waals surface area (Å²) in [7, 11) is 0. The summed E-state index contributed by atoms with van der Waals surface area (Å²) in [4.78, 5) is 23.6. The van der Waals surface area contributed by atoms with Crippen LogP contribution in [0.4, 0.5) is 10.1 Å². The summed E-state index contributed by atoms with van der Waals surface area (Å²) in [5.41, 5.74) is 1.01. The summed E-state index contributed by atoms with van der Waals surface area (Å²) >= 11 is 5.88. The van der Waals surface area contributed by atoms with Crippen molar-refractivity contribution < 1.29 is 18.7 Å². The topological polar surface area (TPSA) is 55.4 Å². The Hall–Kier alpha value is -2.40. The van der Waals surface area contributed by atoms with Gasteiger partial charge in [0.2, 0.25) is 5.91 Å². The lowest BCUT2D eigenvalue weighted by atomic mass is 10.1. The Labute approximate surface area is 144 Å². The molecule has 0 bridgehead atoms. The standard InChI is InChI=1S/C18H17ClFNO3/c1-11(2)17(22)21-13-8-6-12(7-9-13)18(23)24-10-14-15(19)4-3-5-16(14)20/h3-9,11H,10H2,1-2H3,(H,21,22).